The molecule has 4 aromatic carbocycles. The topological polar surface area (TPSA) is 105 Å². The number of carbonyl (C=O) groups is 1. The molecule has 0 bridgehead atoms. The number of nitrogens with one attached hydrogen (secondary N) is 3. The highest BCUT2D eigenvalue weighted by Gasteiger charge is 2.12. The first-order valence-corrected chi connectivity index (χ1v) is 15.0. The Morgan fingerprint density at radius 2 is 1.42 bits per heavy atom. The van der Waals surface area contributed by atoms with Crippen molar-refractivity contribution in [1.82, 2.24) is 25.3 Å². The Kier molecular flexibility index (Phi) is 8.33. The molecule has 0 spiro atoms. The van der Waals surface area contributed by atoms with E-state index in [0.29, 0.717) is 29.8 Å². The Balaban J connectivity index is 1.14. The van der Waals surface area contributed by atoms with Gasteiger partial charge < -0.3 is 16.0 Å². The molecule has 0 radical (unpaired) electrons. The van der Waals surface area contributed by atoms with E-state index >= 15 is 0 Å². The summed E-state index contributed by atoms with van der Waals surface area (Å²) in [6.45, 7) is 4.57. The second-order valence-electron chi connectivity index (χ2n) is 10.4. The maximum Gasteiger partial charge on any atom is 0.251 e. The lowest BCUT2D eigenvalue weighted by atomic mass is 10.1. The first kappa shape index (κ1) is 28.0. The van der Waals surface area contributed by atoms with E-state index in [4.69, 9.17) is 4.98 Å². The molecule has 0 saturated carbocycles. The highest BCUT2D eigenvalue weighted by Crippen LogP contribution is 2.26. The van der Waals surface area contributed by atoms with Gasteiger partial charge in [-0.2, -0.15) is 15.0 Å². The van der Waals surface area contributed by atoms with Gasteiger partial charge in [0, 0.05) is 35.8 Å². The third kappa shape index (κ3) is 7.20. The number of thiazole rings is 1. The normalized spacial score (nSPS) is 11.0. The molecule has 0 aliphatic heterocycles. The second-order valence-corrected chi connectivity index (χ2v) is 11.6. The van der Waals surface area contributed by atoms with Crippen molar-refractivity contribution >= 4 is 50.7 Å². The standard InChI is InChI=1S/C34H31N7OS/c1-22(2)31-39-33(36-26-17-15-25(16-18-26)32(42)35-21-23-9-4-3-5-10-23)41-34(40-31)37-27-12-8-11-24(19-27)20-30-38-28-13-6-7-14-29(28)43-30/h3-19,22H,20-21H2,1-2H3,(H,35,42)(H2,36,37,39,40,41). The van der Waals surface area contributed by atoms with Gasteiger partial charge in [0.15, 0.2) is 0 Å². The van der Waals surface area contributed by atoms with Crippen LogP contribution in [-0.2, 0) is 13.0 Å². The van der Waals surface area contributed by atoms with Gasteiger partial charge >= 0.3 is 0 Å². The fourth-order valence-electron chi connectivity index (χ4n) is 4.53. The monoisotopic (exact) mass is 585 g/mol. The molecule has 2 heterocycles. The first-order valence-electron chi connectivity index (χ1n) is 14.1. The van der Waals surface area contributed by atoms with Crippen molar-refractivity contribution in [2.24, 2.45) is 0 Å². The summed E-state index contributed by atoms with van der Waals surface area (Å²) in [5.41, 5.74) is 5.46. The number of rotatable bonds is 10. The van der Waals surface area contributed by atoms with Crippen LogP contribution in [-0.4, -0.2) is 25.8 Å². The zero-order chi connectivity index (χ0) is 29.6. The molecule has 0 aliphatic rings. The lowest BCUT2D eigenvalue weighted by Crippen LogP contribution is -2.22. The van der Waals surface area contributed by atoms with Gasteiger partial charge in [-0.1, -0.05) is 68.4 Å². The maximum atomic E-state index is 12.6. The minimum absolute atomic E-state index is 0.102. The molecule has 0 unspecified atom stereocenters. The zero-order valence-electron chi connectivity index (χ0n) is 23.9. The summed E-state index contributed by atoms with van der Waals surface area (Å²) in [6.07, 6.45) is 0.746. The first-order chi connectivity index (χ1) is 21.0. The van der Waals surface area contributed by atoms with E-state index < -0.39 is 0 Å². The average Bonchev–Trinajstić information content (AvgIpc) is 3.43. The van der Waals surface area contributed by atoms with Crippen LogP contribution in [0.2, 0.25) is 0 Å². The largest absolute Gasteiger partial charge is 0.348 e. The van der Waals surface area contributed by atoms with Crippen LogP contribution in [0.15, 0.2) is 103 Å². The molecule has 6 aromatic rings. The Bertz CT molecular complexity index is 1820. The third-order valence-corrected chi connectivity index (χ3v) is 7.78. The summed E-state index contributed by atoms with van der Waals surface area (Å²) < 4.78 is 1.19. The molecule has 0 aliphatic carbocycles. The number of amides is 1. The van der Waals surface area contributed by atoms with Crippen molar-refractivity contribution in [3.8, 4) is 0 Å². The van der Waals surface area contributed by atoms with E-state index in [1.807, 2.05) is 86.6 Å². The summed E-state index contributed by atoms with van der Waals surface area (Å²) in [5.74, 6) is 1.52. The number of fused-ring (bicyclic) bond motifs is 1. The van der Waals surface area contributed by atoms with Crippen LogP contribution in [0, 0.1) is 0 Å². The smallest absolute Gasteiger partial charge is 0.251 e. The van der Waals surface area contributed by atoms with Crippen molar-refractivity contribution in [1.29, 1.82) is 0 Å². The lowest BCUT2D eigenvalue weighted by molar-refractivity contribution is 0.0951. The van der Waals surface area contributed by atoms with Gasteiger partial charge in [0.25, 0.3) is 5.91 Å². The minimum atomic E-state index is -0.130. The van der Waals surface area contributed by atoms with E-state index in [9.17, 15) is 4.79 Å². The molecule has 0 atom stereocenters. The number of hydrogen-bond donors (Lipinski definition) is 3. The SMILES string of the molecule is CC(C)c1nc(Nc2ccc(C(=O)NCc3ccccc3)cc2)nc(Nc2cccc(Cc3nc4ccccc4s3)c2)n1. The van der Waals surface area contributed by atoms with Crippen LogP contribution < -0.4 is 16.0 Å². The molecule has 9 heteroatoms. The van der Waals surface area contributed by atoms with Gasteiger partial charge in [-0.15, -0.1) is 11.3 Å². The number of anilines is 4. The van der Waals surface area contributed by atoms with Gasteiger partial charge in [0.1, 0.15) is 5.82 Å². The van der Waals surface area contributed by atoms with Crippen molar-refractivity contribution in [3.05, 3.63) is 131 Å². The van der Waals surface area contributed by atoms with E-state index in [0.717, 1.165) is 39.4 Å². The maximum absolute atomic E-state index is 12.6. The Morgan fingerprint density at radius 1 is 0.721 bits per heavy atom. The molecule has 1 amide bonds. The molecule has 0 fully saturated rings. The van der Waals surface area contributed by atoms with Crippen molar-refractivity contribution in [2.45, 2.75) is 32.7 Å². The number of hydrogen-bond acceptors (Lipinski definition) is 8. The molecule has 214 valence electrons. The van der Waals surface area contributed by atoms with Gasteiger partial charge in [0.05, 0.1) is 15.2 Å². The molecule has 0 saturated heterocycles. The lowest BCUT2D eigenvalue weighted by Gasteiger charge is -2.13. The molecule has 6 rings (SSSR count). The van der Waals surface area contributed by atoms with Crippen LogP contribution in [0.25, 0.3) is 10.2 Å². The number of nitrogens with zero attached hydrogens (tertiary/aromatic N) is 4. The molecule has 43 heavy (non-hydrogen) atoms. The van der Waals surface area contributed by atoms with E-state index in [1.165, 1.54) is 4.70 Å². The molecule has 3 N–H and O–H groups in total. The van der Waals surface area contributed by atoms with Crippen molar-refractivity contribution in [3.63, 3.8) is 0 Å². The summed E-state index contributed by atoms with van der Waals surface area (Å²) in [7, 11) is 0. The zero-order valence-corrected chi connectivity index (χ0v) is 24.7. The number of para-hydroxylation sites is 1. The fraction of sp³-hybridized carbons (Fsp3) is 0.147. The summed E-state index contributed by atoms with van der Waals surface area (Å²) in [4.78, 5) is 31.3. The number of benzene rings is 4. The van der Waals surface area contributed by atoms with Crippen LogP contribution in [0.5, 0.6) is 0 Å². The van der Waals surface area contributed by atoms with Crippen LogP contribution in [0.4, 0.5) is 23.3 Å². The molecule has 2 aromatic heterocycles. The van der Waals surface area contributed by atoms with Gasteiger partial charge in [0.2, 0.25) is 11.9 Å². The highest BCUT2D eigenvalue weighted by molar-refractivity contribution is 7.18. The Hall–Kier alpha value is -5.15. The average molecular weight is 586 g/mol. The van der Waals surface area contributed by atoms with Gasteiger partial charge in [-0.3, -0.25) is 4.79 Å². The van der Waals surface area contributed by atoms with Crippen LogP contribution in [0.3, 0.4) is 0 Å². The van der Waals surface area contributed by atoms with Crippen LogP contribution in [0.1, 0.15) is 52.1 Å². The summed E-state index contributed by atoms with van der Waals surface area (Å²) >= 11 is 1.72. The fourth-order valence-corrected chi connectivity index (χ4v) is 5.54. The Labute approximate surface area is 254 Å². The van der Waals surface area contributed by atoms with Gasteiger partial charge in [-0.25, -0.2) is 4.98 Å². The number of carbonyl (C=O) groups excluding carboxylic acids is 1. The second kappa shape index (κ2) is 12.8. The number of aromatic nitrogens is 4. The third-order valence-electron chi connectivity index (χ3n) is 6.74. The minimum Gasteiger partial charge on any atom is -0.348 e. The van der Waals surface area contributed by atoms with Crippen LogP contribution >= 0.6 is 11.3 Å². The predicted octanol–water partition coefficient (Wildman–Crippen LogP) is 7.61. The molecular formula is C34H31N7OS. The predicted molar refractivity (Wildman–Crippen MR) is 173 cm³/mol. The summed E-state index contributed by atoms with van der Waals surface area (Å²) in [6, 6.07) is 33.5. The molecular weight excluding hydrogens is 554 g/mol. The van der Waals surface area contributed by atoms with Crippen molar-refractivity contribution in [2.75, 3.05) is 10.6 Å². The van der Waals surface area contributed by atoms with E-state index in [2.05, 4.69) is 49.1 Å². The Morgan fingerprint density at radius 3 is 2.16 bits per heavy atom. The van der Waals surface area contributed by atoms with Gasteiger partial charge in [-0.05, 0) is 59.7 Å². The quantitative estimate of drug-likeness (QED) is 0.152. The van der Waals surface area contributed by atoms with E-state index in [-0.39, 0.29) is 11.8 Å². The van der Waals surface area contributed by atoms with E-state index in [1.54, 1.807) is 23.5 Å². The van der Waals surface area contributed by atoms with Crippen molar-refractivity contribution < 1.29 is 4.79 Å². The summed E-state index contributed by atoms with van der Waals surface area (Å²) in [5, 5.41) is 10.7. The molecule has 8 nitrogen and oxygen atoms in total. The highest BCUT2D eigenvalue weighted by atomic mass is 32.1.